The molecule has 0 saturated carbocycles. The van der Waals surface area contributed by atoms with E-state index in [-0.39, 0.29) is 6.03 Å². The molecule has 0 spiro atoms. The zero-order valence-corrected chi connectivity index (χ0v) is 17.4. The number of likely N-dealkylation sites (N-methyl/N-ethyl adjacent to an activating group) is 1. The summed E-state index contributed by atoms with van der Waals surface area (Å²) >= 11 is 0. The standard InChI is InChI=1S/C22H25N5O3/c1-4-29-14-16-6-5-15(2)18(11-16)25-21-24-13-19(30-21)17-7-8-23-20(12-17)27-10-9-26(3)22(27)28/h5-8,11-13H,4,9-10,14H2,1-3H3,(H,24,25). The molecular weight excluding hydrogens is 382 g/mol. The zero-order chi connectivity index (χ0) is 21.1. The van der Waals surface area contributed by atoms with Gasteiger partial charge in [-0.3, -0.25) is 4.90 Å². The second-order valence-corrected chi connectivity index (χ2v) is 7.20. The van der Waals surface area contributed by atoms with E-state index in [1.807, 2.05) is 44.2 Å². The molecule has 8 nitrogen and oxygen atoms in total. The predicted octanol–water partition coefficient (Wildman–Crippen LogP) is 4.20. The number of nitrogens with zero attached hydrogens (tertiary/aromatic N) is 4. The van der Waals surface area contributed by atoms with Crippen LogP contribution < -0.4 is 10.2 Å². The van der Waals surface area contributed by atoms with Crippen LogP contribution in [-0.2, 0) is 11.3 Å². The van der Waals surface area contributed by atoms with Crippen molar-refractivity contribution in [3.63, 3.8) is 0 Å². The van der Waals surface area contributed by atoms with Crippen molar-refractivity contribution in [3.8, 4) is 11.3 Å². The average molecular weight is 407 g/mol. The van der Waals surface area contributed by atoms with Gasteiger partial charge in [-0.1, -0.05) is 12.1 Å². The van der Waals surface area contributed by atoms with Gasteiger partial charge in [-0.05, 0) is 43.2 Å². The number of aromatic nitrogens is 2. The Bertz CT molecular complexity index is 1050. The summed E-state index contributed by atoms with van der Waals surface area (Å²) in [6, 6.07) is 10.2. The number of carbonyl (C=O) groups is 1. The Morgan fingerprint density at radius 3 is 2.83 bits per heavy atom. The molecule has 3 aromatic rings. The lowest BCUT2D eigenvalue weighted by molar-refractivity contribution is 0.134. The van der Waals surface area contributed by atoms with Gasteiger partial charge in [0.1, 0.15) is 5.82 Å². The summed E-state index contributed by atoms with van der Waals surface area (Å²) in [6.07, 6.45) is 3.34. The highest BCUT2D eigenvalue weighted by atomic mass is 16.5. The molecule has 0 aliphatic carbocycles. The van der Waals surface area contributed by atoms with Crippen molar-refractivity contribution >= 4 is 23.6 Å². The van der Waals surface area contributed by atoms with Gasteiger partial charge in [-0.15, -0.1) is 0 Å². The molecule has 2 aromatic heterocycles. The van der Waals surface area contributed by atoms with E-state index < -0.39 is 0 Å². The van der Waals surface area contributed by atoms with E-state index >= 15 is 0 Å². The van der Waals surface area contributed by atoms with Crippen LogP contribution in [0.4, 0.5) is 22.3 Å². The predicted molar refractivity (Wildman–Crippen MR) is 115 cm³/mol. The molecule has 1 aromatic carbocycles. The average Bonchev–Trinajstić information content (AvgIpc) is 3.35. The van der Waals surface area contributed by atoms with Gasteiger partial charge in [0.2, 0.25) is 0 Å². The second-order valence-electron chi connectivity index (χ2n) is 7.20. The van der Waals surface area contributed by atoms with E-state index in [1.165, 1.54) is 0 Å². The van der Waals surface area contributed by atoms with Crippen LogP contribution in [0.5, 0.6) is 0 Å². The number of rotatable bonds is 7. The molecule has 0 unspecified atom stereocenters. The van der Waals surface area contributed by atoms with Crippen molar-refractivity contribution in [2.45, 2.75) is 20.5 Å². The summed E-state index contributed by atoms with van der Waals surface area (Å²) in [7, 11) is 1.78. The van der Waals surface area contributed by atoms with Gasteiger partial charge in [0.15, 0.2) is 5.76 Å². The van der Waals surface area contributed by atoms with E-state index in [0.717, 1.165) is 22.4 Å². The second kappa shape index (κ2) is 8.54. The number of amides is 2. The Hall–Kier alpha value is -3.39. The number of ether oxygens (including phenoxy) is 1. The zero-order valence-electron chi connectivity index (χ0n) is 17.4. The van der Waals surface area contributed by atoms with E-state index in [1.54, 1.807) is 29.2 Å². The van der Waals surface area contributed by atoms with Crippen LogP contribution in [0.15, 0.2) is 47.1 Å². The molecule has 2 amide bonds. The molecule has 1 aliphatic rings. The van der Waals surface area contributed by atoms with Crippen LogP contribution in [0.25, 0.3) is 11.3 Å². The first-order valence-electron chi connectivity index (χ1n) is 9.94. The Labute approximate surface area is 175 Å². The maximum absolute atomic E-state index is 12.2. The van der Waals surface area contributed by atoms with Gasteiger partial charge in [0.05, 0.1) is 12.8 Å². The summed E-state index contributed by atoms with van der Waals surface area (Å²) in [6.45, 7) is 6.54. The summed E-state index contributed by atoms with van der Waals surface area (Å²) in [4.78, 5) is 24.3. The highest BCUT2D eigenvalue weighted by Crippen LogP contribution is 2.28. The molecule has 1 saturated heterocycles. The lowest BCUT2D eigenvalue weighted by atomic mass is 10.1. The van der Waals surface area contributed by atoms with Crippen LogP contribution in [-0.4, -0.2) is 47.6 Å². The lowest BCUT2D eigenvalue weighted by Crippen LogP contribution is -2.29. The maximum Gasteiger partial charge on any atom is 0.325 e. The van der Waals surface area contributed by atoms with Crippen molar-refractivity contribution in [2.24, 2.45) is 0 Å². The number of hydrogen-bond donors (Lipinski definition) is 1. The number of pyridine rings is 1. The summed E-state index contributed by atoms with van der Waals surface area (Å²) in [5, 5.41) is 3.24. The number of carbonyl (C=O) groups excluding carboxylic acids is 1. The van der Waals surface area contributed by atoms with E-state index in [0.29, 0.717) is 43.9 Å². The number of oxazole rings is 1. The van der Waals surface area contributed by atoms with Crippen molar-refractivity contribution < 1.29 is 13.9 Å². The Morgan fingerprint density at radius 1 is 1.20 bits per heavy atom. The molecule has 1 aliphatic heterocycles. The molecule has 1 fully saturated rings. The molecule has 0 bridgehead atoms. The fourth-order valence-corrected chi connectivity index (χ4v) is 3.27. The molecule has 4 rings (SSSR count). The first-order valence-corrected chi connectivity index (χ1v) is 9.94. The fraction of sp³-hybridized carbons (Fsp3) is 0.318. The van der Waals surface area contributed by atoms with Crippen molar-refractivity contribution in [1.29, 1.82) is 0 Å². The lowest BCUT2D eigenvalue weighted by Gasteiger charge is -2.15. The van der Waals surface area contributed by atoms with E-state index in [2.05, 4.69) is 15.3 Å². The number of anilines is 3. The van der Waals surface area contributed by atoms with Gasteiger partial charge >= 0.3 is 6.03 Å². The molecular formula is C22H25N5O3. The molecule has 3 heterocycles. The largest absolute Gasteiger partial charge is 0.423 e. The highest BCUT2D eigenvalue weighted by molar-refractivity contribution is 5.93. The molecule has 0 atom stereocenters. The van der Waals surface area contributed by atoms with Crippen LogP contribution in [0, 0.1) is 6.92 Å². The first kappa shape index (κ1) is 19.9. The maximum atomic E-state index is 12.2. The Balaban J connectivity index is 1.53. The minimum absolute atomic E-state index is 0.0537. The first-order chi connectivity index (χ1) is 14.5. The summed E-state index contributed by atoms with van der Waals surface area (Å²) in [5.41, 5.74) is 3.89. The molecule has 1 N–H and O–H groups in total. The van der Waals surface area contributed by atoms with Gasteiger partial charge < -0.3 is 19.4 Å². The highest BCUT2D eigenvalue weighted by Gasteiger charge is 2.27. The van der Waals surface area contributed by atoms with E-state index in [4.69, 9.17) is 9.15 Å². The minimum Gasteiger partial charge on any atom is -0.423 e. The van der Waals surface area contributed by atoms with Crippen molar-refractivity contribution in [3.05, 3.63) is 53.9 Å². The quantitative estimate of drug-likeness (QED) is 0.632. The number of urea groups is 1. The third-order valence-corrected chi connectivity index (χ3v) is 5.05. The van der Waals surface area contributed by atoms with E-state index in [9.17, 15) is 4.79 Å². The van der Waals surface area contributed by atoms with Crippen molar-refractivity contribution in [2.75, 3.05) is 37.0 Å². The fourth-order valence-electron chi connectivity index (χ4n) is 3.27. The van der Waals surface area contributed by atoms with Gasteiger partial charge in [0, 0.05) is 44.2 Å². The van der Waals surface area contributed by atoms with Gasteiger partial charge in [0.25, 0.3) is 6.01 Å². The minimum atomic E-state index is -0.0537. The number of hydrogen-bond acceptors (Lipinski definition) is 6. The van der Waals surface area contributed by atoms with Crippen LogP contribution in [0.2, 0.25) is 0 Å². The van der Waals surface area contributed by atoms with Crippen LogP contribution in [0.3, 0.4) is 0 Å². The number of nitrogens with one attached hydrogen (secondary N) is 1. The van der Waals surface area contributed by atoms with Gasteiger partial charge in [-0.25, -0.2) is 14.8 Å². The van der Waals surface area contributed by atoms with Crippen LogP contribution in [0.1, 0.15) is 18.1 Å². The molecule has 8 heteroatoms. The van der Waals surface area contributed by atoms with Crippen LogP contribution >= 0.6 is 0 Å². The normalized spacial score (nSPS) is 13.9. The SMILES string of the molecule is CCOCc1ccc(C)c(Nc2ncc(-c3ccnc(N4CCN(C)C4=O)c3)o2)c1. The molecule has 30 heavy (non-hydrogen) atoms. The Kier molecular flexibility index (Phi) is 5.67. The number of aryl methyl sites for hydroxylation is 1. The Morgan fingerprint density at radius 2 is 2.07 bits per heavy atom. The van der Waals surface area contributed by atoms with Crippen molar-refractivity contribution in [1.82, 2.24) is 14.9 Å². The van der Waals surface area contributed by atoms with Gasteiger partial charge in [-0.2, -0.15) is 0 Å². The third-order valence-electron chi connectivity index (χ3n) is 5.05. The third kappa shape index (κ3) is 4.13. The smallest absolute Gasteiger partial charge is 0.325 e. The number of benzene rings is 1. The molecule has 156 valence electrons. The molecule has 0 radical (unpaired) electrons. The summed E-state index contributed by atoms with van der Waals surface area (Å²) < 4.78 is 11.4. The summed E-state index contributed by atoms with van der Waals surface area (Å²) in [5.74, 6) is 1.21. The topological polar surface area (TPSA) is 83.7 Å². The monoisotopic (exact) mass is 407 g/mol.